The molecule has 1 saturated heterocycles. The highest BCUT2D eigenvalue weighted by Gasteiger charge is 2.28. The third-order valence-electron chi connectivity index (χ3n) is 4.15. The number of hydrogen-bond acceptors (Lipinski definition) is 5. The van der Waals surface area contributed by atoms with Gasteiger partial charge >= 0.3 is 12.1 Å². The summed E-state index contributed by atoms with van der Waals surface area (Å²) in [6, 6.07) is 10.3. The number of hydrogen-bond donors (Lipinski definition) is 3. The number of nitrogens with zero attached hydrogens (tertiary/aromatic N) is 1. The Bertz CT molecular complexity index is 593. The predicted molar refractivity (Wildman–Crippen MR) is 98.7 cm³/mol. The summed E-state index contributed by atoms with van der Waals surface area (Å²) in [5.41, 5.74) is 0.601. The normalized spacial score (nSPS) is 17.5. The van der Waals surface area contributed by atoms with Crippen molar-refractivity contribution in [2.75, 3.05) is 13.1 Å². The van der Waals surface area contributed by atoms with E-state index in [1.807, 2.05) is 18.2 Å². The molecule has 7 heteroatoms. The molecule has 1 heterocycles. The number of alkyl carbamates (subject to hydrolysis) is 1. The molecule has 1 aromatic carbocycles. The van der Waals surface area contributed by atoms with Gasteiger partial charge in [0.15, 0.2) is 6.17 Å². The maximum Gasteiger partial charge on any atom is 0.409 e. The zero-order chi connectivity index (χ0) is 19.2. The molecule has 0 aromatic heterocycles. The molecule has 1 aromatic rings. The van der Waals surface area contributed by atoms with Gasteiger partial charge in [-0.05, 0) is 52.3 Å². The summed E-state index contributed by atoms with van der Waals surface area (Å²) in [4.78, 5) is 25.6. The Labute approximate surface area is 154 Å². The minimum absolute atomic E-state index is 0.0399. The lowest BCUT2D eigenvalue weighted by atomic mass is 10.0. The van der Waals surface area contributed by atoms with E-state index in [1.54, 1.807) is 20.8 Å². The third kappa shape index (κ3) is 7.01. The lowest BCUT2D eigenvalue weighted by molar-refractivity contribution is -0.140. The van der Waals surface area contributed by atoms with Crippen LogP contribution in [0.3, 0.4) is 0 Å². The highest BCUT2D eigenvalue weighted by atomic mass is 16.6. The van der Waals surface area contributed by atoms with Gasteiger partial charge < -0.3 is 9.84 Å². The van der Waals surface area contributed by atoms with Crippen LogP contribution in [0.4, 0.5) is 4.79 Å². The second-order valence-electron chi connectivity index (χ2n) is 7.62. The average molecular weight is 363 g/mol. The van der Waals surface area contributed by atoms with Crippen LogP contribution in [-0.4, -0.2) is 53.0 Å². The number of amides is 1. The van der Waals surface area contributed by atoms with Crippen LogP contribution in [0, 0.1) is 0 Å². The van der Waals surface area contributed by atoms with Gasteiger partial charge in [-0.3, -0.25) is 15.5 Å². The minimum Gasteiger partial charge on any atom is -0.479 e. The summed E-state index contributed by atoms with van der Waals surface area (Å²) in [7, 11) is 0. The maximum absolute atomic E-state index is 11.8. The first-order valence-electron chi connectivity index (χ1n) is 8.97. The number of carbonyl (C=O) groups is 2. The fourth-order valence-electron chi connectivity index (χ4n) is 2.94. The van der Waals surface area contributed by atoms with Gasteiger partial charge in [-0.2, -0.15) is 0 Å². The van der Waals surface area contributed by atoms with Crippen LogP contribution in [0.15, 0.2) is 30.3 Å². The van der Waals surface area contributed by atoms with Crippen molar-refractivity contribution in [2.45, 2.75) is 58.0 Å². The molecule has 0 saturated carbocycles. The Morgan fingerprint density at radius 3 is 2.38 bits per heavy atom. The highest BCUT2D eigenvalue weighted by molar-refractivity contribution is 5.79. The summed E-state index contributed by atoms with van der Waals surface area (Å²) in [5, 5.41) is 14.8. The number of aliphatic carboxylic acids is 1. The number of carboxylic acid groups (broad SMARTS) is 1. The van der Waals surface area contributed by atoms with Gasteiger partial charge in [0, 0.05) is 12.6 Å². The summed E-state index contributed by atoms with van der Waals surface area (Å²) >= 11 is 0. The van der Waals surface area contributed by atoms with Gasteiger partial charge in [-0.15, -0.1) is 0 Å². The second kappa shape index (κ2) is 9.00. The zero-order valence-corrected chi connectivity index (χ0v) is 15.7. The molecule has 3 N–H and O–H groups in total. The molecule has 0 aliphatic carbocycles. The predicted octanol–water partition coefficient (Wildman–Crippen LogP) is 2.18. The van der Waals surface area contributed by atoms with Crippen LogP contribution in [0.25, 0.3) is 0 Å². The van der Waals surface area contributed by atoms with Crippen LogP contribution in [-0.2, 0) is 16.1 Å². The minimum atomic E-state index is -1.16. The topological polar surface area (TPSA) is 90.9 Å². The first-order valence-corrected chi connectivity index (χ1v) is 8.97. The molecular formula is C19H29N3O4. The Morgan fingerprint density at radius 1 is 1.23 bits per heavy atom. The van der Waals surface area contributed by atoms with Crippen molar-refractivity contribution in [3.8, 4) is 0 Å². The molecule has 2 rings (SSSR count). The Balaban J connectivity index is 1.80. The van der Waals surface area contributed by atoms with Crippen molar-refractivity contribution in [1.29, 1.82) is 0 Å². The summed E-state index contributed by atoms with van der Waals surface area (Å²) in [5.74, 6) is -1.12. The van der Waals surface area contributed by atoms with Gasteiger partial charge in [-0.25, -0.2) is 9.59 Å². The van der Waals surface area contributed by atoms with E-state index in [2.05, 4.69) is 27.7 Å². The average Bonchev–Trinajstić information content (AvgIpc) is 2.55. The van der Waals surface area contributed by atoms with Crippen LogP contribution in [0.5, 0.6) is 0 Å². The molecule has 144 valence electrons. The van der Waals surface area contributed by atoms with E-state index < -0.39 is 23.8 Å². The first kappa shape index (κ1) is 20.2. The lowest BCUT2D eigenvalue weighted by Gasteiger charge is -2.34. The number of carboxylic acids is 1. The van der Waals surface area contributed by atoms with Crippen molar-refractivity contribution in [1.82, 2.24) is 15.5 Å². The lowest BCUT2D eigenvalue weighted by Crippen LogP contribution is -2.56. The summed E-state index contributed by atoms with van der Waals surface area (Å²) in [6.07, 6.45) is -0.242. The van der Waals surface area contributed by atoms with Crippen molar-refractivity contribution in [2.24, 2.45) is 0 Å². The second-order valence-corrected chi connectivity index (χ2v) is 7.62. The van der Waals surface area contributed by atoms with Crippen molar-refractivity contribution < 1.29 is 19.4 Å². The van der Waals surface area contributed by atoms with Crippen LogP contribution >= 0.6 is 0 Å². The Hall–Kier alpha value is -2.12. The van der Waals surface area contributed by atoms with Gasteiger partial charge in [0.05, 0.1) is 0 Å². The van der Waals surface area contributed by atoms with Gasteiger partial charge in [0.2, 0.25) is 0 Å². The Morgan fingerprint density at radius 2 is 1.85 bits per heavy atom. The number of likely N-dealkylation sites (tertiary alicyclic amines) is 1. The number of carbonyl (C=O) groups excluding carboxylic acids is 1. The first-order chi connectivity index (χ1) is 12.2. The van der Waals surface area contributed by atoms with Crippen LogP contribution < -0.4 is 10.6 Å². The molecule has 7 nitrogen and oxygen atoms in total. The van der Waals surface area contributed by atoms with E-state index in [9.17, 15) is 14.7 Å². The standard InChI is InChI=1S/C19H29N3O4/c1-19(2,3)26-18(25)21-16(17(23)24)20-15-9-11-22(12-10-15)13-14-7-5-4-6-8-14/h4-8,15-16,20H,9-13H2,1-3H3,(H,21,25)(H,23,24). The molecule has 1 fully saturated rings. The van der Waals surface area contributed by atoms with E-state index in [0.29, 0.717) is 0 Å². The number of ether oxygens (including phenoxy) is 1. The highest BCUT2D eigenvalue weighted by Crippen LogP contribution is 2.14. The van der Waals surface area contributed by atoms with Crippen molar-refractivity contribution >= 4 is 12.1 Å². The summed E-state index contributed by atoms with van der Waals surface area (Å²) in [6.45, 7) is 7.86. The largest absolute Gasteiger partial charge is 0.479 e. The molecule has 26 heavy (non-hydrogen) atoms. The maximum atomic E-state index is 11.8. The molecule has 0 bridgehead atoms. The van der Waals surface area contributed by atoms with Gasteiger partial charge in [0.1, 0.15) is 5.60 Å². The zero-order valence-electron chi connectivity index (χ0n) is 15.7. The third-order valence-corrected chi connectivity index (χ3v) is 4.15. The fraction of sp³-hybridized carbons (Fsp3) is 0.579. The molecule has 1 amide bonds. The molecule has 1 aliphatic heterocycles. The number of nitrogens with one attached hydrogen (secondary N) is 2. The fourth-order valence-corrected chi connectivity index (χ4v) is 2.94. The van der Waals surface area contributed by atoms with E-state index in [0.717, 1.165) is 32.5 Å². The molecule has 1 unspecified atom stereocenters. The number of piperidine rings is 1. The van der Waals surface area contributed by atoms with Crippen LogP contribution in [0.2, 0.25) is 0 Å². The molecule has 0 spiro atoms. The quantitative estimate of drug-likeness (QED) is 0.671. The number of rotatable bonds is 6. The van der Waals surface area contributed by atoms with Crippen molar-refractivity contribution in [3.05, 3.63) is 35.9 Å². The Kier molecular flexibility index (Phi) is 6.99. The molecule has 1 aliphatic rings. The molecule has 0 radical (unpaired) electrons. The van der Waals surface area contributed by atoms with E-state index in [4.69, 9.17) is 4.74 Å². The smallest absolute Gasteiger partial charge is 0.409 e. The molecule has 1 atom stereocenters. The number of benzene rings is 1. The van der Waals surface area contributed by atoms with Gasteiger partial charge in [0.25, 0.3) is 0 Å². The monoisotopic (exact) mass is 363 g/mol. The SMILES string of the molecule is CC(C)(C)OC(=O)NC(NC1CCN(Cc2ccccc2)CC1)C(=O)O. The van der Waals surface area contributed by atoms with E-state index >= 15 is 0 Å². The van der Waals surface area contributed by atoms with Crippen molar-refractivity contribution in [3.63, 3.8) is 0 Å². The van der Waals surface area contributed by atoms with E-state index in [-0.39, 0.29) is 6.04 Å². The van der Waals surface area contributed by atoms with Gasteiger partial charge in [-0.1, -0.05) is 30.3 Å². The summed E-state index contributed by atoms with van der Waals surface area (Å²) < 4.78 is 5.13. The van der Waals surface area contributed by atoms with Crippen LogP contribution in [0.1, 0.15) is 39.2 Å². The molecular weight excluding hydrogens is 334 g/mol. The van der Waals surface area contributed by atoms with E-state index in [1.165, 1.54) is 5.56 Å².